The summed E-state index contributed by atoms with van der Waals surface area (Å²) in [5, 5.41) is 9.07. The Hall–Kier alpha value is 0.0400. The van der Waals surface area contributed by atoms with Gasteiger partial charge < -0.3 is 5.11 Å². The Morgan fingerprint density at radius 1 is 1.56 bits per heavy atom. The highest BCUT2D eigenvalue weighted by atomic mass is 79.9. The molecule has 0 aromatic carbocycles. The number of rotatable bonds is 5. The highest BCUT2D eigenvalue weighted by molar-refractivity contribution is 9.12. The summed E-state index contributed by atoms with van der Waals surface area (Å²) in [6.45, 7) is 2.94. The van der Waals surface area contributed by atoms with Gasteiger partial charge in [-0.3, -0.25) is 4.79 Å². The van der Waals surface area contributed by atoms with Crippen LogP contribution in [0.5, 0.6) is 0 Å². The molecule has 1 atom stereocenters. The fourth-order valence-electron chi connectivity index (χ4n) is 1.13. The van der Waals surface area contributed by atoms with Crippen molar-refractivity contribution in [3.63, 3.8) is 0 Å². The van der Waals surface area contributed by atoms with Crippen LogP contribution in [0.4, 0.5) is 0 Å². The Morgan fingerprint density at radius 3 is 2.44 bits per heavy atom. The SMILES string of the molecule is CCC(C)(NS(=O)(=O)c1cc(Br)sc1Br)C(=O)O. The summed E-state index contributed by atoms with van der Waals surface area (Å²) in [7, 11) is -3.88. The van der Waals surface area contributed by atoms with Gasteiger partial charge in [0.2, 0.25) is 10.0 Å². The van der Waals surface area contributed by atoms with Gasteiger partial charge >= 0.3 is 5.97 Å². The first-order valence-corrected chi connectivity index (χ1v) is 8.73. The van der Waals surface area contributed by atoms with Crippen molar-refractivity contribution in [2.45, 2.75) is 30.7 Å². The largest absolute Gasteiger partial charge is 0.480 e. The number of thiophene rings is 1. The Balaban J connectivity index is 3.17. The lowest BCUT2D eigenvalue weighted by Gasteiger charge is -2.24. The molecule has 5 nitrogen and oxygen atoms in total. The summed E-state index contributed by atoms with van der Waals surface area (Å²) in [6, 6.07) is 1.43. The summed E-state index contributed by atoms with van der Waals surface area (Å²) >= 11 is 7.53. The van der Waals surface area contributed by atoms with E-state index in [1.807, 2.05) is 0 Å². The van der Waals surface area contributed by atoms with Gasteiger partial charge in [-0.25, -0.2) is 8.42 Å². The van der Waals surface area contributed by atoms with Crippen molar-refractivity contribution < 1.29 is 18.3 Å². The van der Waals surface area contributed by atoms with Crippen LogP contribution >= 0.6 is 43.2 Å². The summed E-state index contributed by atoms with van der Waals surface area (Å²) in [5.74, 6) is -1.21. The number of halogens is 2. The molecule has 1 heterocycles. The zero-order chi connectivity index (χ0) is 14.1. The van der Waals surface area contributed by atoms with E-state index in [-0.39, 0.29) is 11.3 Å². The Labute approximate surface area is 126 Å². The number of hydrogen-bond acceptors (Lipinski definition) is 4. The molecule has 0 amide bonds. The number of carboxylic acid groups (broad SMARTS) is 1. The number of nitrogens with one attached hydrogen (secondary N) is 1. The van der Waals surface area contributed by atoms with Gasteiger partial charge in [0.15, 0.2) is 0 Å². The van der Waals surface area contributed by atoms with E-state index in [0.717, 1.165) is 0 Å². The van der Waals surface area contributed by atoms with E-state index >= 15 is 0 Å². The summed E-state index contributed by atoms with van der Waals surface area (Å²) in [5.41, 5.74) is -1.52. The lowest BCUT2D eigenvalue weighted by Crippen LogP contribution is -2.51. The van der Waals surface area contributed by atoms with Crippen molar-refractivity contribution >= 4 is 59.2 Å². The van der Waals surface area contributed by atoms with Gasteiger partial charge in [-0.05, 0) is 51.3 Å². The van der Waals surface area contributed by atoms with Crippen molar-refractivity contribution in [3.05, 3.63) is 13.6 Å². The zero-order valence-corrected chi connectivity index (χ0v) is 14.3. The molecule has 1 aromatic heterocycles. The van der Waals surface area contributed by atoms with Crippen LogP contribution in [0.1, 0.15) is 20.3 Å². The van der Waals surface area contributed by atoms with Crippen LogP contribution < -0.4 is 4.72 Å². The standard InChI is InChI=1S/C9H11Br2NO4S2/c1-3-9(2,8(13)14)12-18(15,16)5-4-6(10)17-7(5)11/h4,12H,3H2,1-2H3,(H,13,14). The quantitative estimate of drug-likeness (QED) is 0.766. The highest BCUT2D eigenvalue weighted by Crippen LogP contribution is 2.35. The van der Waals surface area contributed by atoms with Crippen LogP contribution in [0, 0.1) is 0 Å². The van der Waals surface area contributed by atoms with Crippen LogP contribution in [-0.2, 0) is 14.8 Å². The average Bonchev–Trinajstić information content (AvgIpc) is 2.57. The molecule has 0 radical (unpaired) electrons. The Kier molecular flexibility index (Phi) is 4.99. The summed E-state index contributed by atoms with van der Waals surface area (Å²) in [4.78, 5) is 11.1. The molecule has 0 saturated carbocycles. The van der Waals surface area contributed by atoms with E-state index < -0.39 is 21.5 Å². The molecule has 1 unspecified atom stereocenters. The molecular formula is C9H11Br2NO4S2. The molecule has 0 saturated heterocycles. The van der Waals surface area contributed by atoms with Gasteiger partial charge in [0.25, 0.3) is 0 Å². The minimum Gasteiger partial charge on any atom is -0.480 e. The second-order valence-electron chi connectivity index (χ2n) is 3.78. The van der Waals surface area contributed by atoms with Gasteiger partial charge in [-0.15, -0.1) is 11.3 Å². The predicted octanol–water partition coefficient (Wildman–Crippen LogP) is 2.80. The fraction of sp³-hybridized carbons (Fsp3) is 0.444. The van der Waals surface area contributed by atoms with E-state index in [1.54, 1.807) is 6.92 Å². The van der Waals surface area contributed by atoms with Crippen molar-refractivity contribution in [1.82, 2.24) is 4.72 Å². The number of carboxylic acids is 1. The third kappa shape index (κ3) is 3.32. The normalized spacial score (nSPS) is 15.3. The van der Waals surface area contributed by atoms with Crippen molar-refractivity contribution in [2.24, 2.45) is 0 Å². The smallest absolute Gasteiger partial charge is 0.324 e. The molecule has 9 heteroatoms. The topological polar surface area (TPSA) is 83.5 Å². The minimum absolute atomic E-state index is 0.0281. The average molecular weight is 421 g/mol. The number of sulfonamides is 1. The van der Waals surface area contributed by atoms with Gasteiger partial charge in [-0.1, -0.05) is 6.92 Å². The maximum atomic E-state index is 12.1. The van der Waals surface area contributed by atoms with Gasteiger partial charge in [0, 0.05) is 0 Å². The van der Waals surface area contributed by atoms with Crippen LogP contribution in [0.2, 0.25) is 0 Å². The van der Waals surface area contributed by atoms with Gasteiger partial charge in [0.05, 0.1) is 7.57 Å². The van der Waals surface area contributed by atoms with Crippen LogP contribution in [0.3, 0.4) is 0 Å². The molecule has 0 aliphatic heterocycles. The van der Waals surface area contributed by atoms with Crippen LogP contribution in [0.15, 0.2) is 18.5 Å². The number of carbonyl (C=O) groups is 1. The zero-order valence-electron chi connectivity index (χ0n) is 9.53. The van der Waals surface area contributed by atoms with Crippen LogP contribution in [0.25, 0.3) is 0 Å². The molecule has 2 N–H and O–H groups in total. The van der Waals surface area contributed by atoms with Gasteiger partial charge in [0.1, 0.15) is 10.4 Å². The monoisotopic (exact) mass is 419 g/mol. The van der Waals surface area contributed by atoms with E-state index in [0.29, 0.717) is 7.57 Å². The first-order chi connectivity index (χ1) is 8.12. The van der Waals surface area contributed by atoms with Crippen molar-refractivity contribution in [2.75, 3.05) is 0 Å². The molecule has 0 spiro atoms. The molecule has 0 bridgehead atoms. The summed E-state index contributed by atoms with van der Waals surface area (Å²) in [6.07, 6.45) is 0.143. The van der Waals surface area contributed by atoms with E-state index in [9.17, 15) is 13.2 Å². The fourth-order valence-corrected chi connectivity index (χ4v) is 6.38. The molecule has 1 aromatic rings. The Morgan fingerprint density at radius 2 is 2.11 bits per heavy atom. The Bertz CT molecular complexity index is 569. The minimum atomic E-state index is -3.88. The molecule has 1 rings (SSSR count). The maximum Gasteiger partial charge on any atom is 0.324 e. The second kappa shape index (κ2) is 5.58. The molecular weight excluding hydrogens is 410 g/mol. The third-order valence-corrected chi connectivity index (χ3v) is 6.80. The number of hydrogen-bond donors (Lipinski definition) is 2. The molecule has 18 heavy (non-hydrogen) atoms. The maximum absolute atomic E-state index is 12.1. The molecule has 0 fully saturated rings. The van der Waals surface area contributed by atoms with Crippen molar-refractivity contribution in [1.29, 1.82) is 0 Å². The lowest BCUT2D eigenvalue weighted by molar-refractivity contribution is -0.143. The van der Waals surface area contributed by atoms with E-state index in [4.69, 9.17) is 5.11 Å². The number of aliphatic carboxylic acids is 1. The van der Waals surface area contributed by atoms with Gasteiger partial charge in [-0.2, -0.15) is 4.72 Å². The van der Waals surface area contributed by atoms with Crippen LogP contribution in [-0.4, -0.2) is 25.0 Å². The van der Waals surface area contributed by atoms with Crippen molar-refractivity contribution in [3.8, 4) is 0 Å². The van der Waals surface area contributed by atoms with E-state index in [2.05, 4.69) is 36.6 Å². The molecule has 0 aliphatic rings. The molecule has 0 aliphatic carbocycles. The van der Waals surface area contributed by atoms with E-state index in [1.165, 1.54) is 24.3 Å². The third-order valence-electron chi connectivity index (χ3n) is 2.45. The highest BCUT2D eigenvalue weighted by Gasteiger charge is 2.37. The predicted molar refractivity (Wildman–Crippen MR) is 76.4 cm³/mol. The summed E-state index contributed by atoms with van der Waals surface area (Å²) < 4.78 is 27.5. The first kappa shape index (κ1) is 16.1. The molecule has 102 valence electrons. The second-order valence-corrected chi connectivity index (χ2v) is 9.18. The first-order valence-electron chi connectivity index (χ1n) is 4.84. The lowest BCUT2D eigenvalue weighted by atomic mass is 10.0.